The van der Waals surface area contributed by atoms with Gasteiger partial charge in [-0.05, 0) is 99.3 Å². The average Bonchev–Trinajstić information content (AvgIpc) is 3.27. The zero-order valence-electron chi connectivity index (χ0n) is 26.6. The maximum absolute atomic E-state index is 11.8. The summed E-state index contributed by atoms with van der Waals surface area (Å²) >= 11 is 6.52. The van der Waals surface area contributed by atoms with Crippen LogP contribution in [0.2, 0.25) is 5.02 Å². The van der Waals surface area contributed by atoms with Gasteiger partial charge < -0.3 is 15.2 Å². The molecule has 2 aliphatic heterocycles. The third kappa shape index (κ3) is 8.99. The Kier molecular flexibility index (Phi) is 15.6. The smallest absolute Gasteiger partial charge is 0.303 e. The number of aliphatic carboxylic acids is 1. The van der Waals surface area contributed by atoms with Crippen LogP contribution in [0.3, 0.4) is 0 Å². The van der Waals surface area contributed by atoms with Crippen LogP contribution in [0.4, 0.5) is 11.4 Å². The first-order valence-electron chi connectivity index (χ1n) is 15.9. The molecule has 0 saturated carbocycles. The second-order valence-electron chi connectivity index (χ2n) is 11.0. The number of rotatable bonds is 12. The summed E-state index contributed by atoms with van der Waals surface area (Å²) in [6.07, 6.45) is 9.78. The Hall–Kier alpha value is -3.03. The minimum Gasteiger partial charge on any atom is -0.481 e. The molecule has 7 nitrogen and oxygen atoms in total. The molecule has 2 aromatic rings. The number of anilines is 2. The van der Waals surface area contributed by atoms with E-state index in [9.17, 15) is 14.4 Å². The number of aldehydes is 1. The molecule has 0 aliphatic carbocycles. The van der Waals surface area contributed by atoms with Crippen molar-refractivity contribution in [2.45, 2.75) is 110 Å². The van der Waals surface area contributed by atoms with E-state index in [1.807, 2.05) is 32.9 Å². The first-order chi connectivity index (χ1) is 20.8. The molecule has 43 heavy (non-hydrogen) atoms. The number of piperidine rings is 1. The molecule has 1 saturated heterocycles. The van der Waals surface area contributed by atoms with Crippen molar-refractivity contribution in [3.8, 4) is 0 Å². The summed E-state index contributed by atoms with van der Waals surface area (Å²) in [5.41, 5.74) is 5.61. The van der Waals surface area contributed by atoms with Crippen LogP contribution in [0.5, 0.6) is 0 Å². The highest BCUT2D eigenvalue weighted by Crippen LogP contribution is 2.52. The fraction of sp³-hybridized carbons (Fsp3) is 0.543. The molecule has 0 unspecified atom stereocenters. The molecule has 2 heterocycles. The van der Waals surface area contributed by atoms with Gasteiger partial charge in [-0.2, -0.15) is 0 Å². The molecule has 0 atom stereocenters. The number of aliphatic imine (C=N–C) groups is 1. The van der Waals surface area contributed by atoms with E-state index in [4.69, 9.17) is 16.7 Å². The molecule has 2 aliphatic rings. The van der Waals surface area contributed by atoms with Gasteiger partial charge in [0.25, 0.3) is 0 Å². The molecule has 0 spiro atoms. The Bertz CT molecular complexity index is 1220. The Morgan fingerprint density at radius 2 is 1.74 bits per heavy atom. The summed E-state index contributed by atoms with van der Waals surface area (Å²) in [6.45, 7) is 12.6. The van der Waals surface area contributed by atoms with Crippen molar-refractivity contribution in [3.63, 3.8) is 0 Å². The van der Waals surface area contributed by atoms with Gasteiger partial charge in [-0.25, -0.2) is 4.99 Å². The van der Waals surface area contributed by atoms with Crippen LogP contribution in [-0.4, -0.2) is 42.7 Å². The summed E-state index contributed by atoms with van der Waals surface area (Å²) in [6, 6.07) is 12.9. The Morgan fingerprint density at radius 3 is 2.33 bits per heavy atom. The van der Waals surface area contributed by atoms with Gasteiger partial charge in [-0.15, -0.1) is 0 Å². The van der Waals surface area contributed by atoms with Gasteiger partial charge >= 0.3 is 5.97 Å². The number of nitrogens with zero attached hydrogens (tertiary/aromatic N) is 2. The molecular weight excluding hydrogens is 562 g/mol. The molecule has 8 heteroatoms. The van der Waals surface area contributed by atoms with Gasteiger partial charge in [0, 0.05) is 17.9 Å². The number of hydrogen-bond acceptors (Lipinski definition) is 4. The lowest BCUT2D eigenvalue weighted by atomic mass is 9.73. The number of hydrogen-bond donors (Lipinski definition) is 2. The number of carboxylic acids is 1. The van der Waals surface area contributed by atoms with E-state index in [1.165, 1.54) is 24.0 Å². The fourth-order valence-corrected chi connectivity index (χ4v) is 6.45. The predicted octanol–water partition coefficient (Wildman–Crippen LogP) is 8.52. The van der Waals surface area contributed by atoms with Gasteiger partial charge in [-0.1, -0.05) is 70.3 Å². The van der Waals surface area contributed by atoms with Gasteiger partial charge in [-0.3, -0.25) is 14.5 Å². The van der Waals surface area contributed by atoms with E-state index >= 15 is 0 Å². The van der Waals surface area contributed by atoms with Crippen LogP contribution >= 0.6 is 11.6 Å². The SMILES string of the molecule is CC.CCCC1(CCC)C(=NC=O)N(c2cccc(Cl)c2C)c2ccc(C3CCNCC3)cc21.O=CCCCCC(=O)O. The largest absolute Gasteiger partial charge is 0.481 e. The van der Waals surface area contributed by atoms with Gasteiger partial charge in [0.15, 0.2) is 0 Å². The molecule has 0 radical (unpaired) electrons. The molecule has 0 aromatic heterocycles. The first-order valence-corrected chi connectivity index (χ1v) is 16.3. The van der Waals surface area contributed by atoms with E-state index in [1.54, 1.807) is 0 Å². The van der Waals surface area contributed by atoms with E-state index in [0.717, 1.165) is 72.9 Å². The van der Waals surface area contributed by atoms with Crippen LogP contribution in [0.1, 0.15) is 115 Å². The van der Waals surface area contributed by atoms with Crippen molar-refractivity contribution in [2.24, 2.45) is 4.99 Å². The quantitative estimate of drug-likeness (QED) is 0.184. The molecule has 1 fully saturated rings. The lowest BCUT2D eigenvalue weighted by molar-refractivity contribution is -0.137. The monoisotopic (exact) mass is 611 g/mol. The fourth-order valence-electron chi connectivity index (χ4n) is 6.28. The molecule has 2 N–H and O–H groups in total. The topological polar surface area (TPSA) is 99.1 Å². The molecule has 1 amide bonds. The number of amides is 1. The minimum atomic E-state index is -0.791. The number of carbonyl (C=O) groups is 3. The number of unbranched alkanes of at least 4 members (excludes halogenated alkanes) is 2. The Labute approximate surface area is 263 Å². The summed E-state index contributed by atoms with van der Waals surface area (Å²) in [4.78, 5) is 38.1. The summed E-state index contributed by atoms with van der Waals surface area (Å²) in [5, 5.41) is 12.3. The first kappa shape index (κ1) is 36.2. The van der Waals surface area contributed by atoms with E-state index in [0.29, 0.717) is 31.6 Å². The summed E-state index contributed by atoms with van der Waals surface area (Å²) < 4.78 is 0. The van der Waals surface area contributed by atoms with Crippen LogP contribution in [0.15, 0.2) is 41.4 Å². The molecule has 4 rings (SSSR count). The number of fused-ring (bicyclic) bond motifs is 1. The molecule has 0 bridgehead atoms. The summed E-state index contributed by atoms with van der Waals surface area (Å²) in [7, 11) is 0. The normalized spacial score (nSPS) is 16.4. The third-order valence-electron chi connectivity index (χ3n) is 8.20. The van der Waals surface area contributed by atoms with Crippen LogP contribution in [0, 0.1) is 6.92 Å². The van der Waals surface area contributed by atoms with Gasteiger partial charge in [0.05, 0.1) is 16.8 Å². The Morgan fingerprint density at radius 1 is 1.07 bits per heavy atom. The zero-order valence-corrected chi connectivity index (χ0v) is 27.4. The highest BCUT2D eigenvalue weighted by atomic mass is 35.5. The third-order valence-corrected chi connectivity index (χ3v) is 8.61. The van der Waals surface area contributed by atoms with Crippen molar-refractivity contribution in [1.29, 1.82) is 0 Å². The maximum atomic E-state index is 11.8. The van der Waals surface area contributed by atoms with Crippen molar-refractivity contribution < 1.29 is 19.5 Å². The van der Waals surface area contributed by atoms with E-state index in [-0.39, 0.29) is 11.8 Å². The number of benzene rings is 2. The van der Waals surface area contributed by atoms with E-state index in [2.05, 4.69) is 53.3 Å². The zero-order chi connectivity index (χ0) is 31.8. The van der Waals surface area contributed by atoms with E-state index < -0.39 is 5.97 Å². The van der Waals surface area contributed by atoms with Crippen LogP contribution in [-0.2, 0) is 19.8 Å². The number of halogens is 1. The van der Waals surface area contributed by atoms with Crippen molar-refractivity contribution >= 4 is 47.5 Å². The maximum Gasteiger partial charge on any atom is 0.303 e. The van der Waals surface area contributed by atoms with Gasteiger partial charge in [0.1, 0.15) is 12.1 Å². The van der Waals surface area contributed by atoms with Crippen molar-refractivity contribution in [2.75, 3.05) is 18.0 Å². The summed E-state index contributed by atoms with van der Waals surface area (Å²) in [5.74, 6) is 0.635. The van der Waals surface area contributed by atoms with Crippen molar-refractivity contribution in [3.05, 3.63) is 58.1 Å². The van der Waals surface area contributed by atoms with Crippen LogP contribution < -0.4 is 10.2 Å². The lowest BCUT2D eigenvalue weighted by Crippen LogP contribution is -2.39. The number of carbonyl (C=O) groups excluding carboxylic acids is 2. The number of nitrogens with one attached hydrogen (secondary N) is 1. The molecule has 2 aromatic carbocycles. The molecular formula is C35H50ClN3O4. The Balaban J connectivity index is 0.000000505. The standard InChI is InChI=1S/C27H34ClN3O.C6H10O3.C2H6/c1-4-13-27(14-5-2)22-17-21(20-11-15-29-16-12-20)9-10-25(22)31(26(27)30-18-32)24-8-6-7-23(28)19(24)3;7-5-3-1-2-4-6(8)9;1-2/h6-10,17-18,20,29H,4-5,11-16H2,1-3H3;5H,1-4H2,(H,8,9);1-2H3. The van der Waals surface area contributed by atoms with Gasteiger partial charge in [0.2, 0.25) is 6.41 Å². The highest BCUT2D eigenvalue weighted by Gasteiger charge is 2.48. The highest BCUT2D eigenvalue weighted by molar-refractivity contribution is 6.32. The lowest BCUT2D eigenvalue weighted by Gasteiger charge is -2.32. The predicted molar refractivity (Wildman–Crippen MR) is 178 cm³/mol. The number of amidine groups is 1. The average molecular weight is 612 g/mol. The second kappa shape index (κ2) is 18.6. The second-order valence-corrected chi connectivity index (χ2v) is 11.4. The molecule has 236 valence electrons. The minimum absolute atomic E-state index is 0.174. The van der Waals surface area contributed by atoms with Crippen LogP contribution in [0.25, 0.3) is 0 Å². The van der Waals surface area contributed by atoms with Crippen molar-refractivity contribution in [1.82, 2.24) is 5.32 Å². The number of carboxylic acid groups (broad SMARTS) is 1.